The second kappa shape index (κ2) is 23.2. The molecule has 2 aliphatic heterocycles. The Hall–Kier alpha value is -6.17. The molecule has 5 amide bonds. The summed E-state index contributed by atoms with van der Waals surface area (Å²) in [5, 5.41) is 23.4. The number of nitrogens with zero attached hydrogens (tertiary/aromatic N) is 3. The van der Waals surface area contributed by atoms with Crippen LogP contribution < -0.4 is 26.2 Å². The van der Waals surface area contributed by atoms with Gasteiger partial charge >= 0.3 is 0 Å². The summed E-state index contributed by atoms with van der Waals surface area (Å²) >= 11 is 7.69. The number of nitrogens with one attached hydrogen (secondary N) is 4. The molecule has 0 bridgehead atoms. The summed E-state index contributed by atoms with van der Waals surface area (Å²) in [5.41, 5.74) is 9.14. The van der Waals surface area contributed by atoms with Crippen LogP contribution >= 0.6 is 22.9 Å². The Morgan fingerprint density at radius 1 is 0.871 bits per heavy atom. The molecular formula is C53H62ClN7O8S. The van der Waals surface area contributed by atoms with Crippen molar-refractivity contribution in [2.45, 2.75) is 91.2 Å². The van der Waals surface area contributed by atoms with Gasteiger partial charge in [0.1, 0.15) is 18.7 Å². The molecule has 70 heavy (non-hydrogen) atoms. The van der Waals surface area contributed by atoms with Crippen LogP contribution in [-0.2, 0) is 35.2 Å². The number of anilines is 2. The lowest BCUT2D eigenvalue weighted by atomic mass is 9.85. The smallest absolute Gasteiger partial charge is 0.251 e. The number of halogens is 1. The molecule has 5 N–H and O–H groups in total. The number of carbonyl (C=O) groups is 5. The predicted octanol–water partition coefficient (Wildman–Crippen LogP) is 7.31. The Bertz CT molecular complexity index is 2640. The van der Waals surface area contributed by atoms with Crippen LogP contribution in [0.5, 0.6) is 0 Å². The number of carbonyl (C=O) groups excluding carboxylic acids is 5. The zero-order valence-corrected chi connectivity index (χ0v) is 42.0. The van der Waals surface area contributed by atoms with Gasteiger partial charge in [0.25, 0.3) is 5.91 Å². The molecule has 17 heteroatoms. The monoisotopic (exact) mass is 991 g/mol. The highest BCUT2D eigenvalue weighted by molar-refractivity contribution is 7.13. The van der Waals surface area contributed by atoms with Gasteiger partial charge in [-0.2, -0.15) is 0 Å². The first-order valence-corrected chi connectivity index (χ1v) is 24.8. The summed E-state index contributed by atoms with van der Waals surface area (Å²) in [6.07, 6.45) is -0.0864. The number of benzene rings is 4. The number of aliphatic hydroxyl groups is 1. The van der Waals surface area contributed by atoms with E-state index in [0.29, 0.717) is 10.6 Å². The van der Waals surface area contributed by atoms with Gasteiger partial charge in [-0.05, 0) is 102 Å². The van der Waals surface area contributed by atoms with Crippen molar-refractivity contribution >= 4 is 63.8 Å². The number of likely N-dealkylation sites (tertiary alicyclic amines) is 1. The van der Waals surface area contributed by atoms with Crippen LogP contribution in [0.25, 0.3) is 21.6 Å². The molecule has 7 rings (SSSR count). The lowest BCUT2D eigenvalue weighted by Gasteiger charge is -2.39. The number of rotatable bonds is 18. The van der Waals surface area contributed by atoms with Crippen molar-refractivity contribution in [3.05, 3.63) is 124 Å². The van der Waals surface area contributed by atoms with Crippen molar-refractivity contribution < 1.29 is 38.6 Å². The highest BCUT2D eigenvalue weighted by Gasteiger charge is 2.44. The van der Waals surface area contributed by atoms with E-state index in [0.717, 1.165) is 56.2 Å². The molecule has 4 aromatic carbocycles. The van der Waals surface area contributed by atoms with E-state index in [1.165, 1.54) is 4.90 Å². The Balaban J connectivity index is 0.827. The van der Waals surface area contributed by atoms with Crippen LogP contribution in [0.4, 0.5) is 11.4 Å². The maximum atomic E-state index is 14.0. The van der Waals surface area contributed by atoms with Crippen LogP contribution in [0.3, 0.4) is 0 Å². The van der Waals surface area contributed by atoms with E-state index in [9.17, 15) is 29.1 Å². The van der Waals surface area contributed by atoms with E-state index in [1.807, 2.05) is 105 Å². The van der Waals surface area contributed by atoms with Gasteiger partial charge in [0.2, 0.25) is 23.6 Å². The number of aromatic nitrogens is 1. The molecule has 1 saturated heterocycles. The van der Waals surface area contributed by atoms with Crippen LogP contribution in [0.15, 0.2) is 96.5 Å². The summed E-state index contributed by atoms with van der Waals surface area (Å²) in [4.78, 5) is 74.8. The zero-order valence-electron chi connectivity index (χ0n) is 40.4. The second-order valence-electron chi connectivity index (χ2n) is 18.9. The van der Waals surface area contributed by atoms with Crippen LogP contribution in [0, 0.1) is 12.3 Å². The number of ether oxygens (including phenoxy) is 2. The van der Waals surface area contributed by atoms with Crippen molar-refractivity contribution in [1.82, 2.24) is 25.8 Å². The fourth-order valence-electron chi connectivity index (χ4n) is 8.93. The fourth-order valence-corrected chi connectivity index (χ4v) is 9.87. The number of β-amino-alcohol motifs (C(OH)–C–C–N with tert-alkyl or cyclic N) is 1. The van der Waals surface area contributed by atoms with Gasteiger partial charge in [-0.15, -0.1) is 11.3 Å². The molecule has 0 saturated carbocycles. The van der Waals surface area contributed by atoms with Gasteiger partial charge in [0, 0.05) is 61.0 Å². The number of hydrogen-bond donors (Lipinski definition) is 5. The minimum atomic E-state index is -0.993. The normalized spacial score (nSPS) is 18.2. The van der Waals surface area contributed by atoms with Gasteiger partial charge in [0.05, 0.1) is 48.0 Å². The highest BCUT2D eigenvalue weighted by atomic mass is 35.5. The Morgan fingerprint density at radius 2 is 1.56 bits per heavy atom. The predicted molar refractivity (Wildman–Crippen MR) is 273 cm³/mol. The number of aliphatic hydroxyl groups excluding tert-OH is 1. The third-order valence-electron chi connectivity index (χ3n) is 12.5. The van der Waals surface area contributed by atoms with Crippen LogP contribution in [0.2, 0.25) is 5.02 Å². The number of hydrogen-bond acceptors (Lipinski definition) is 11. The van der Waals surface area contributed by atoms with E-state index >= 15 is 0 Å². The molecule has 1 unspecified atom stereocenters. The molecular weight excluding hydrogens is 930 g/mol. The molecule has 5 atom stereocenters. The van der Waals surface area contributed by atoms with Gasteiger partial charge in [-0.3, -0.25) is 24.0 Å². The molecule has 0 aliphatic carbocycles. The molecule has 1 fully saturated rings. The molecule has 3 heterocycles. The molecule has 15 nitrogen and oxygen atoms in total. The molecule has 5 aromatic rings. The third-order valence-corrected chi connectivity index (χ3v) is 13.8. The van der Waals surface area contributed by atoms with E-state index in [4.69, 9.17) is 21.1 Å². The topological polar surface area (TPSA) is 192 Å². The minimum absolute atomic E-state index is 0.000523. The van der Waals surface area contributed by atoms with Crippen LogP contribution in [-0.4, -0.2) is 108 Å². The second-order valence-corrected chi connectivity index (χ2v) is 20.2. The third kappa shape index (κ3) is 13.0. The standard InChI is InChI=1S/C53H62ClN7O8S/c1-32-25-44(58-41-18-16-40(54)17-19-41)43-26-39(15-20-45(43)61(32)34(3)62)36-11-13-38(14-12-36)50(65)55-21-22-68-23-24-69-30-47(64)59-49(53(4,5)6)52(67)60-29-42(63)27-46(60)51(66)56-28-35-7-9-37(10-8-35)48-33(2)57-31-70-48/h7-20,26,31-32,42,44,46,49,58,63H,21-25,27-30H2,1-6H3,(H,55,65)(H,56,66)(H,59,64)/t32-,42+,44+,46-,49?/m0/s1. The van der Waals surface area contributed by atoms with E-state index in [1.54, 1.807) is 35.9 Å². The largest absolute Gasteiger partial charge is 0.391 e. The number of fused-ring (bicyclic) bond motifs is 1. The first kappa shape index (κ1) is 51.7. The Morgan fingerprint density at radius 3 is 2.23 bits per heavy atom. The van der Waals surface area contributed by atoms with Crippen LogP contribution in [0.1, 0.15) is 80.7 Å². The Labute approximate surface area is 418 Å². The zero-order chi connectivity index (χ0) is 50.1. The summed E-state index contributed by atoms with van der Waals surface area (Å²) < 4.78 is 11.2. The highest BCUT2D eigenvalue weighted by Crippen LogP contribution is 2.41. The summed E-state index contributed by atoms with van der Waals surface area (Å²) in [7, 11) is 0. The SMILES string of the molecule is CC(=O)N1c2ccc(-c3ccc(C(=O)NCCOCCOCC(=O)NC(C(=O)N4C[C@H](O)C[C@H]4C(=O)NCc4ccc(-c5scnc5C)cc4)C(C)(C)C)cc3)cc2[C@H](Nc2ccc(Cl)cc2)C[C@@H]1C. The summed E-state index contributed by atoms with van der Waals surface area (Å²) in [6.45, 7) is 11.7. The molecule has 370 valence electrons. The number of aryl methyl sites for hydroxylation is 1. The quantitative estimate of drug-likeness (QED) is 0.0557. The summed E-state index contributed by atoms with van der Waals surface area (Å²) in [5.74, 6) is -1.63. The fraction of sp³-hybridized carbons (Fsp3) is 0.396. The number of amides is 5. The molecule has 0 radical (unpaired) electrons. The van der Waals surface area contributed by atoms with Crippen molar-refractivity contribution in [3.8, 4) is 21.6 Å². The molecule has 2 aliphatic rings. The van der Waals surface area contributed by atoms with Gasteiger partial charge in [-0.25, -0.2) is 4.98 Å². The first-order valence-electron chi connectivity index (χ1n) is 23.5. The van der Waals surface area contributed by atoms with E-state index in [2.05, 4.69) is 39.2 Å². The first-order chi connectivity index (χ1) is 33.5. The Kier molecular flexibility index (Phi) is 17.1. The maximum absolute atomic E-state index is 14.0. The lowest BCUT2D eigenvalue weighted by molar-refractivity contribution is -0.144. The van der Waals surface area contributed by atoms with Gasteiger partial charge in [-0.1, -0.05) is 74.8 Å². The average Bonchev–Trinajstić information content (AvgIpc) is 3.95. The van der Waals surface area contributed by atoms with Gasteiger partial charge < -0.3 is 45.6 Å². The van der Waals surface area contributed by atoms with Crippen molar-refractivity contribution in [2.24, 2.45) is 5.41 Å². The average molecular weight is 993 g/mol. The van der Waals surface area contributed by atoms with E-state index < -0.39 is 35.4 Å². The molecule has 1 aromatic heterocycles. The molecule has 0 spiro atoms. The van der Waals surface area contributed by atoms with E-state index in [-0.39, 0.29) is 82.3 Å². The number of thiazole rings is 1. The van der Waals surface area contributed by atoms with Crippen molar-refractivity contribution in [1.29, 1.82) is 0 Å². The van der Waals surface area contributed by atoms with Crippen molar-refractivity contribution in [3.63, 3.8) is 0 Å². The lowest BCUT2D eigenvalue weighted by Crippen LogP contribution is -2.58. The minimum Gasteiger partial charge on any atom is -0.391 e. The van der Waals surface area contributed by atoms with Gasteiger partial charge in [0.15, 0.2) is 0 Å². The maximum Gasteiger partial charge on any atom is 0.251 e. The van der Waals surface area contributed by atoms with Crippen molar-refractivity contribution in [2.75, 3.05) is 49.7 Å². The summed E-state index contributed by atoms with van der Waals surface area (Å²) in [6, 6.07) is 26.9.